The highest BCUT2D eigenvalue weighted by Crippen LogP contribution is 2.22. The van der Waals surface area contributed by atoms with Crippen molar-refractivity contribution in [2.45, 2.75) is 6.54 Å². The molecule has 1 amide bonds. The van der Waals surface area contributed by atoms with E-state index in [0.717, 1.165) is 11.6 Å². The molecule has 0 bridgehead atoms. The number of carbonyl (C=O) groups excluding carboxylic acids is 1. The van der Waals surface area contributed by atoms with Gasteiger partial charge in [0.15, 0.2) is 0 Å². The number of rotatable bonds is 3. The van der Waals surface area contributed by atoms with E-state index < -0.39 is 5.82 Å². The molecule has 106 valence electrons. The molecule has 0 radical (unpaired) electrons. The van der Waals surface area contributed by atoms with Crippen LogP contribution < -0.4 is 11.1 Å². The maximum absolute atomic E-state index is 13.2. The molecule has 21 heavy (non-hydrogen) atoms. The fourth-order valence-electron chi connectivity index (χ4n) is 1.77. The van der Waals surface area contributed by atoms with E-state index in [9.17, 15) is 9.18 Å². The van der Waals surface area contributed by atoms with Gasteiger partial charge in [0.1, 0.15) is 5.82 Å². The number of nitrogen functional groups attached to an aromatic ring is 1. The van der Waals surface area contributed by atoms with Crippen LogP contribution in [-0.2, 0) is 6.54 Å². The molecule has 0 atom stereocenters. The van der Waals surface area contributed by atoms with Crippen LogP contribution in [0.15, 0.2) is 40.9 Å². The molecular formula is C15H11BrFN3O. The quantitative estimate of drug-likeness (QED) is 0.837. The summed E-state index contributed by atoms with van der Waals surface area (Å²) in [5.74, 6) is -0.962. The third-order valence-electron chi connectivity index (χ3n) is 2.84. The van der Waals surface area contributed by atoms with Crippen LogP contribution in [0.5, 0.6) is 0 Å². The summed E-state index contributed by atoms with van der Waals surface area (Å²) in [6, 6.07) is 11.4. The molecule has 0 aliphatic rings. The van der Waals surface area contributed by atoms with Gasteiger partial charge in [-0.25, -0.2) is 4.39 Å². The van der Waals surface area contributed by atoms with Crippen LogP contribution in [0.25, 0.3) is 0 Å². The number of anilines is 1. The zero-order valence-corrected chi connectivity index (χ0v) is 12.4. The van der Waals surface area contributed by atoms with Crippen molar-refractivity contribution in [1.82, 2.24) is 5.32 Å². The largest absolute Gasteiger partial charge is 0.396 e. The van der Waals surface area contributed by atoms with Gasteiger partial charge in [-0.3, -0.25) is 4.79 Å². The maximum atomic E-state index is 13.2. The van der Waals surface area contributed by atoms with Crippen molar-refractivity contribution < 1.29 is 9.18 Å². The van der Waals surface area contributed by atoms with E-state index in [1.807, 2.05) is 6.07 Å². The number of nitrogens with two attached hydrogens (primary N) is 1. The number of halogens is 2. The third-order valence-corrected chi connectivity index (χ3v) is 3.50. The number of amides is 1. The second kappa shape index (κ2) is 6.37. The molecule has 6 heteroatoms. The summed E-state index contributed by atoms with van der Waals surface area (Å²) in [4.78, 5) is 12.1. The number of nitrogens with one attached hydrogen (secondary N) is 1. The van der Waals surface area contributed by atoms with Crippen LogP contribution >= 0.6 is 15.9 Å². The molecule has 2 aromatic carbocycles. The summed E-state index contributed by atoms with van der Waals surface area (Å²) in [6.07, 6.45) is 0. The van der Waals surface area contributed by atoms with Gasteiger partial charge < -0.3 is 11.1 Å². The number of nitriles is 1. The van der Waals surface area contributed by atoms with Crippen molar-refractivity contribution >= 4 is 27.5 Å². The Bertz CT molecular complexity index is 740. The average Bonchev–Trinajstić information content (AvgIpc) is 2.48. The molecule has 0 aromatic heterocycles. The molecule has 0 fully saturated rings. The molecule has 0 heterocycles. The Balaban J connectivity index is 2.12. The van der Waals surface area contributed by atoms with E-state index in [4.69, 9.17) is 11.0 Å². The highest BCUT2D eigenvalue weighted by Gasteiger charge is 2.13. The van der Waals surface area contributed by atoms with Crippen LogP contribution in [-0.4, -0.2) is 5.91 Å². The zero-order valence-electron chi connectivity index (χ0n) is 10.9. The first kappa shape index (κ1) is 15.0. The molecule has 0 aliphatic heterocycles. The Morgan fingerprint density at radius 2 is 2.14 bits per heavy atom. The average molecular weight is 348 g/mol. The zero-order chi connectivity index (χ0) is 15.4. The van der Waals surface area contributed by atoms with E-state index in [1.165, 1.54) is 6.07 Å². The van der Waals surface area contributed by atoms with Crippen molar-refractivity contribution in [2.75, 3.05) is 5.73 Å². The Kier molecular flexibility index (Phi) is 4.55. The van der Waals surface area contributed by atoms with Gasteiger partial charge in [-0.05, 0) is 45.8 Å². The predicted molar refractivity (Wildman–Crippen MR) is 80.8 cm³/mol. The van der Waals surface area contributed by atoms with Crippen LogP contribution in [0.1, 0.15) is 21.5 Å². The predicted octanol–water partition coefficient (Wildman–Crippen LogP) is 2.97. The molecule has 0 saturated heterocycles. The number of hydrogen-bond acceptors (Lipinski definition) is 3. The Labute approximate surface area is 129 Å². The van der Waals surface area contributed by atoms with Crippen molar-refractivity contribution in [3.63, 3.8) is 0 Å². The van der Waals surface area contributed by atoms with Gasteiger partial charge >= 0.3 is 0 Å². The summed E-state index contributed by atoms with van der Waals surface area (Å²) in [5, 5.41) is 11.5. The van der Waals surface area contributed by atoms with Crippen molar-refractivity contribution in [3.05, 3.63) is 63.4 Å². The first-order chi connectivity index (χ1) is 10.0. The van der Waals surface area contributed by atoms with E-state index in [0.29, 0.717) is 10.0 Å². The third kappa shape index (κ3) is 3.58. The Hall–Kier alpha value is -2.39. The number of benzene rings is 2. The molecule has 3 N–H and O–H groups in total. The van der Waals surface area contributed by atoms with Crippen LogP contribution in [0.4, 0.5) is 10.1 Å². The summed E-state index contributed by atoms with van der Waals surface area (Å²) >= 11 is 3.13. The van der Waals surface area contributed by atoms with Gasteiger partial charge in [0.2, 0.25) is 0 Å². The van der Waals surface area contributed by atoms with Crippen LogP contribution in [0.3, 0.4) is 0 Å². The van der Waals surface area contributed by atoms with Gasteiger partial charge in [-0.15, -0.1) is 0 Å². The molecule has 2 aromatic rings. The molecule has 0 spiro atoms. The second-order valence-electron chi connectivity index (χ2n) is 4.35. The lowest BCUT2D eigenvalue weighted by atomic mass is 10.1. The second-order valence-corrected chi connectivity index (χ2v) is 5.20. The lowest BCUT2D eigenvalue weighted by Crippen LogP contribution is -2.23. The maximum Gasteiger partial charge on any atom is 0.252 e. The van der Waals surface area contributed by atoms with Crippen molar-refractivity contribution in [3.8, 4) is 6.07 Å². The summed E-state index contributed by atoms with van der Waals surface area (Å²) in [5.41, 5.74) is 6.95. The van der Waals surface area contributed by atoms with Gasteiger partial charge in [0, 0.05) is 11.0 Å². The van der Waals surface area contributed by atoms with Gasteiger partial charge in [-0.1, -0.05) is 12.1 Å². The SMILES string of the molecule is N#Cc1cccc(CNC(=O)c2cc(N)c(F)cc2Br)c1. The molecular weight excluding hydrogens is 337 g/mol. The lowest BCUT2D eigenvalue weighted by molar-refractivity contribution is 0.0950. The molecule has 2 rings (SSSR count). The first-order valence-corrected chi connectivity index (χ1v) is 6.82. The Morgan fingerprint density at radius 1 is 1.38 bits per heavy atom. The van der Waals surface area contributed by atoms with E-state index in [1.54, 1.807) is 24.3 Å². The molecule has 4 nitrogen and oxygen atoms in total. The standard InChI is InChI=1S/C15H11BrFN3O/c16-12-6-13(17)14(19)5-11(12)15(21)20-8-10-3-1-2-9(4-10)7-18/h1-6H,8,19H2,(H,20,21). The summed E-state index contributed by atoms with van der Waals surface area (Å²) < 4.78 is 13.6. The fourth-order valence-corrected chi connectivity index (χ4v) is 2.26. The van der Waals surface area contributed by atoms with Crippen molar-refractivity contribution in [2.24, 2.45) is 0 Å². The monoisotopic (exact) mass is 347 g/mol. The minimum Gasteiger partial charge on any atom is -0.396 e. The number of carbonyl (C=O) groups is 1. The minimum absolute atomic E-state index is 0.0881. The molecule has 0 unspecified atom stereocenters. The van der Waals surface area contributed by atoms with Crippen molar-refractivity contribution in [1.29, 1.82) is 5.26 Å². The number of hydrogen-bond donors (Lipinski definition) is 2. The topological polar surface area (TPSA) is 78.9 Å². The lowest BCUT2D eigenvalue weighted by Gasteiger charge is -2.08. The van der Waals surface area contributed by atoms with Crippen LogP contribution in [0, 0.1) is 17.1 Å². The molecule has 0 aliphatic carbocycles. The minimum atomic E-state index is -0.583. The van der Waals surface area contributed by atoms with Gasteiger partial charge in [0.05, 0.1) is 22.9 Å². The van der Waals surface area contributed by atoms with E-state index >= 15 is 0 Å². The van der Waals surface area contributed by atoms with E-state index in [2.05, 4.69) is 21.2 Å². The van der Waals surface area contributed by atoms with E-state index in [-0.39, 0.29) is 23.7 Å². The van der Waals surface area contributed by atoms with Crippen LogP contribution in [0.2, 0.25) is 0 Å². The van der Waals surface area contributed by atoms with Gasteiger partial charge in [0.25, 0.3) is 5.91 Å². The fraction of sp³-hybridized carbons (Fsp3) is 0.0667. The highest BCUT2D eigenvalue weighted by atomic mass is 79.9. The normalized spacial score (nSPS) is 9.95. The summed E-state index contributed by atoms with van der Waals surface area (Å²) in [6.45, 7) is 0.262. The molecule has 0 saturated carbocycles. The number of nitrogens with zero attached hydrogens (tertiary/aromatic N) is 1. The smallest absolute Gasteiger partial charge is 0.252 e. The first-order valence-electron chi connectivity index (χ1n) is 6.03. The summed E-state index contributed by atoms with van der Waals surface area (Å²) in [7, 11) is 0. The van der Waals surface area contributed by atoms with Gasteiger partial charge in [-0.2, -0.15) is 5.26 Å². The highest BCUT2D eigenvalue weighted by molar-refractivity contribution is 9.10. The Morgan fingerprint density at radius 3 is 2.86 bits per heavy atom.